The molecule has 0 aliphatic carbocycles. The van der Waals surface area contributed by atoms with Gasteiger partial charge in [-0.25, -0.2) is 9.59 Å². The lowest BCUT2D eigenvalue weighted by Crippen LogP contribution is -2.46. The largest absolute Gasteiger partial charge is 0.490 e. The number of carbonyl (C=O) groups is 2. The van der Waals surface area contributed by atoms with Crippen LogP contribution in [0, 0.1) is 0 Å². The third-order valence-corrected chi connectivity index (χ3v) is 4.56. The fourth-order valence-electron chi connectivity index (χ4n) is 3.24. The second-order valence-corrected chi connectivity index (χ2v) is 7.47. The quantitative estimate of drug-likeness (QED) is 0.512. The van der Waals surface area contributed by atoms with E-state index in [4.69, 9.17) is 14.2 Å². The Bertz CT molecular complexity index is 773. The summed E-state index contributed by atoms with van der Waals surface area (Å²) in [5.74, 6) is 0.796. The van der Waals surface area contributed by atoms with Gasteiger partial charge in [0.1, 0.15) is 0 Å². The zero-order valence-electron chi connectivity index (χ0n) is 18.7. The van der Waals surface area contributed by atoms with Crippen LogP contribution in [0.15, 0.2) is 29.5 Å². The Morgan fingerprint density at radius 2 is 1.87 bits per heavy atom. The Labute approximate surface area is 179 Å². The lowest BCUT2D eigenvalue weighted by molar-refractivity contribution is -0.143. The standard InChI is InChI=1S/C23H34N2O5/c1-6-9-10-17-20(22(26)30-15(4)5)21(25-23(27)24-17)16-11-12-18(29-13-7-2)19(14-16)28-8-3/h11-12,14-15,21H,6-10,13H2,1-5H3,(H2,24,25,27). The smallest absolute Gasteiger partial charge is 0.338 e. The molecular weight excluding hydrogens is 384 g/mol. The first-order valence-electron chi connectivity index (χ1n) is 10.8. The molecule has 0 saturated heterocycles. The topological polar surface area (TPSA) is 85.9 Å². The second kappa shape index (κ2) is 11.5. The Morgan fingerprint density at radius 1 is 1.10 bits per heavy atom. The molecule has 0 saturated carbocycles. The molecule has 2 rings (SSSR count). The molecule has 1 heterocycles. The summed E-state index contributed by atoms with van der Waals surface area (Å²) in [5.41, 5.74) is 1.78. The van der Waals surface area contributed by atoms with Crippen LogP contribution in [-0.4, -0.2) is 31.3 Å². The minimum absolute atomic E-state index is 0.264. The molecule has 1 aromatic carbocycles. The number of unbranched alkanes of at least 4 members (excludes halogenated alkanes) is 1. The van der Waals surface area contributed by atoms with Crippen LogP contribution in [0.1, 0.15) is 71.9 Å². The van der Waals surface area contributed by atoms with E-state index in [2.05, 4.69) is 17.6 Å². The predicted molar refractivity (Wildman–Crippen MR) is 116 cm³/mol. The van der Waals surface area contributed by atoms with Gasteiger partial charge in [0.15, 0.2) is 11.5 Å². The third kappa shape index (κ3) is 6.15. The summed E-state index contributed by atoms with van der Waals surface area (Å²) in [7, 11) is 0. The Morgan fingerprint density at radius 3 is 2.50 bits per heavy atom. The van der Waals surface area contributed by atoms with Gasteiger partial charge in [0.2, 0.25) is 0 Å². The van der Waals surface area contributed by atoms with Crippen molar-refractivity contribution >= 4 is 12.0 Å². The first-order valence-corrected chi connectivity index (χ1v) is 10.8. The number of rotatable bonds is 11. The number of ether oxygens (including phenoxy) is 3. The molecule has 0 bridgehead atoms. The van der Waals surface area contributed by atoms with E-state index in [1.807, 2.05) is 32.0 Å². The Hall–Kier alpha value is -2.70. The molecule has 0 spiro atoms. The normalized spacial score (nSPS) is 16.2. The summed E-state index contributed by atoms with van der Waals surface area (Å²) in [6.45, 7) is 10.7. The maximum Gasteiger partial charge on any atom is 0.338 e. The first-order chi connectivity index (χ1) is 14.4. The Kier molecular flexibility index (Phi) is 9.02. The van der Waals surface area contributed by atoms with E-state index in [0.717, 1.165) is 24.8 Å². The number of hydrogen-bond acceptors (Lipinski definition) is 5. The molecule has 1 aromatic rings. The molecule has 7 nitrogen and oxygen atoms in total. The van der Waals surface area contributed by atoms with Gasteiger partial charge in [-0.1, -0.05) is 26.3 Å². The molecule has 1 unspecified atom stereocenters. The highest BCUT2D eigenvalue weighted by Gasteiger charge is 2.34. The van der Waals surface area contributed by atoms with Crippen molar-refractivity contribution in [3.63, 3.8) is 0 Å². The number of urea groups is 1. The molecule has 1 atom stereocenters. The SMILES string of the molecule is CCCCC1=C(C(=O)OC(C)C)C(c2ccc(OCCC)c(OCC)c2)NC(=O)N1. The van der Waals surface area contributed by atoms with Gasteiger partial charge in [0.25, 0.3) is 0 Å². The summed E-state index contributed by atoms with van der Waals surface area (Å²) < 4.78 is 17.0. The van der Waals surface area contributed by atoms with Crippen molar-refractivity contribution in [3.8, 4) is 11.5 Å². The summed E-state index contributed by atoms with van der Waals surface area (Å²) in [6.07, 6.45) is 3.02. The lowest BCUT2D eigenvalue weighted by atomic mass is 9.93. The van der Waals surface area contributed by atoms with E-state index in [1.165, 1.54) is 0 Å². The van der Waals surface area contributed by atoms with Crippen LogP contribution in [0.4, 0.5) is 4.79 Å². The van der Waals surface area contributed by atoms with Gasteiger partial charge in [-0.05, 0) is 57.7 Å². The Balaban J connectivity index is 2.50. The second-order valence-electron chi connectivity index (χ2n) is 7.47. The van der Waals surface area contributed by atoms with E-state index < -0.39 is 12.0 Å². The molecule has 166 valence electrons. The van der Waals surface area contributed by atoms with E-state index in [0.29, 0.717) is 42.4 Å². The van der Waals surface area contributed by atoms with Crippen molar-refractivity contribution < 1.29 is 23.8 Å². The average Bonchev–Trinajstić information content (AvgIpc) is 2.70. The molecule has 7 heteroatoms. The molecule has 0 aromatic heterocycles. The monoisotopic (exact) mass is 418 g/mol. The molecule has 2 amide bonds. The summed E-state index contributed by atoms with van der Waals surface area (Å²) in [4.78, 5) is 25.3. The fourth-order valence-corrected chi connectivity index (χ4v) is 3.24. The highest BCUT2D eigenvalue weighted by molar-refractivity contribution is 5.95. The van der Waals surface area contributed by atoms with Gasteiger partial charge in [0.05, 0.1) is 30.9 Å². The summed E-state index contributed by atoms with van der Waals surface area (Å²) in [5, 5.41) is 5.68. The van der Waals surface area contributed by atoms with Gasteiger partial charge in [-0.3, -0.25) is 0 Å². The van der Waals surface area contributed by atoms with Crippen molar-refractivity contribution in [2.75, 3.05) is 13.2 Å². The molecular formula is C23H34N2O5. The van der Waals surface area contributed by atoms with Crippen molar-refractivity contribution in [1.29, 1.82) is 0 Å². The maximum absolute atomic E-state index is 13.0. The molecule has 0 fully saturated rings. The minimum Gasteiger partial charge on any atom is -0.490 e. The molecule has 30 heavy (non-hydrogen) atoms. The van der Waals surface area contributed by atoms with Gasteiger partial charge in [-0.2, -0.15) is 0 Å². The summed E-state index contributed by atoms with van der Waals surface area (Å²) in [6, 6.07) is 4.53. The molecule has 1 aliphatic rings. The highest BCUT2D eigenvalue weighted by atomic mass is 16.5. The van der Waals surface area contributed by atoms with E-state index >= 15 is 0 Å². The number of nitrogens with one attached hydrogen (secondary N) is 2. The zero-order chi connectivity index (χ0) is 22.1. The van der Waals surface area contributed by atoms with Crippen molar-refractivity contribution in [2.24, 2.45) is 0 Å². The van der Waals surface area contributed by atoms with Crippen LogP contribution in [0.3, 0.4) is 0 Å². The van der Waals surface area contributed by atoms with E-state index in [1.54, 1.807) is 13.8 Å². The van der Waals surface area contributed by atoms with Crippen molar-refractivity contribution in [2.45, 2.75) is 72.4 Å². The van der Waals surface area contributed by atoms with E-state index in [-0.39, 0.29) is 12.1 Å². The van der Waals surface area contributed by atoms with Crippen LogP contribution in [0.2, 0.25) is 0 Å². The average molecular weight is 419 g/mol. The lowest BCUT2D eigenvalue weighted by Gasteiger charge is -2.30. The minimum atomic E-state index is -0.628. The maximum atomic E-state index is 13.0. The van der Waals surface area contributed by atoms with Crippen LogP contribution in [0.25, 0.3) is 0 Å². The number of amides is 2. The first kappa shape index (κ1) is 23.6. The van der Waals surface area contributed by atoms with Crippen molar-refractivity contribution in [1.82, 2.24) is 10.6 Å². The van der Waals surface area contributed by atoms with Crippen LogP contribution in [-0.2, 0) is 9.53 Å². The summed E-state index contributed by atoms with van der Waals surface area (Å²) >= 11 is 0. The molecule has 1 aliphatic heterocycles. The van der Waals surface area contributed by atoms with Crippen molar-refractivity contribution in [3.05, 3.63) is 35.0 Å². The van der Waals surface area contributed by atoms with Gasteiger partial charge < -0.3 is 24.8 Å². The number of hydrogen-bond donors (Lipinski definition) is 2. The van der Waals surface area contributed by atoms with Gasteiger partial charge in [-0.15, -0.1) is 0 Å². The zero-order valence-corrected chi connectivity index (χ0v) is 18.7. The van der Waals surface area contributed by atoms with Crippen LogP contribution in [0.5, 0.6) is 11.5 Å². The number of benzene rings is 1. The highest BCUT2D eigenvalue weighted by Crippen LogP contribution is 2.35. The molecule has 2 N–H and O–H groups in total. The van der Waals surface area contributed by atoms with E-state index in [9.17, 15) is 9.59 Å². The predicted octanol–water partition coefficient (Wildman–Crippen LogP) is 4.62. The number of carbonyl (C=O) groups excluding carboxylic acids is 2. The fraction of sp³-hybridized carbons (Fsp3) is 0.565. The number of esters is 1. The third-order valence-electron chi connectivity index (χ3n) is 4.56. The van der Waals surface area contributed by atoms with Gasteiger partial charge >= 0.3 is 12.0 Å². The molecule has 0 radical (unpaired) electrons. The van der Waals surface area contributed by atoms with Crippen LogP contribution >= 0.6 is 0 Å². The number of allylic oxidation sites excluding steroid dienone is 1. The van der Waals surface area contributed by atoms with Crippen LogP contribution < -0.4 is 20.1 Å². The van der Waals surface area contributed by atoms with Gasteiger partial charge in [0, 0.05) is 5.70 Å².